The molecule has 1 heterocycles. The lowest BCUT2D eigenvalue weighted by Gasteiger charge is -2.25. The van der Waals surface area contributed by atoms with Crippen molar-refractivity contribution in [1.29, 1.82) is 0 Å². The van der Waals surface area contributed by atoms with E-state index < -0.39 is 0 Å². The van der Waals surface area contributed by atoms with Crippen LogP contribution in [-0.2, 0) is 0 Å². The van der Waals surface area contributed by atoms with E-state index in [1.54, 1.807) is 31.0 Å². The average Bonchev–Trinajstić information content (AvgIpc) is 3.21. The zero-order valence-electron chi connectivity index (χ0n) is 17.1. The van der Waals surface area contributed by atoms with Crippen molar-refractivity contribution >= 4 is 11.8 Å². The Morgan fingerprint density at radius 1 is 1.00 bits per heavy atom. The van der Waals surface area contributed by atoms with Crippen LogP contribution < -0.4 is 9.47 Å². The van der Waals surface area contributed by atoms with Gasteiger partial charge >= 0.3 is 0 Å². The summed E-state index contributed by atoms with van der Waals surface area (Å²) in [6, 6.07) is 14.7. The van der Waals surface area contributed by atoms with Gasteiger partial charge in [0.1, 0.15) is 17.3 Å². The summed E-state index contributed by atoms with van der Waals surface area (Å²) in [5.74, 6) is 2.70. The Labute approximate surface area is 180 Å². The SMILES string of the molecule is COc1ccc(OCCSc2nnc(-c3ccccc3F)n2C2CCCCC2)cc1. The van der Waals surface area contributed by atoms with Crippen LogP contribution in [0.15, 0.2) is 53.7 Å². The van der Waals surface area contributed by atoms with E-state index in [0.717, 1.165) is 35.2 Å². The molecule has 0 amide bonds. The highest BCUT2D eigenvalue weighted by atomic mass is 32.2. The van der Waals surface area contributed by atoms with Crippen LogP contribution in [0.5, 0.6) is 11.5 Å². The second kappa shape index (κ2) is 9.98. The van der Waals surface area contributed by atoms with Crippen molar-refractivity contribution in [2.45, 2.75) is 43.3 Å². The predicted molar refractivity (Wildman–Crippen MR) is 117 cm³/mol. The number of nitrogens with zero attached hydrogens (tertiary/aromatic N) is 3. The van der Waals surface area contributed by atoms with E-state index in [0.29, 0.717) is 24.0 Å². The molecule has 0 saturated heterocycles. The number of thioether (sulfide) groups is 1. The third-order valence-electron chi connectivity index (χ3n) is 5.36. The zero-order valence-corrected chi connectivity index (χ0v) is 17.9. The minimum absolute atomic E-state index is 0.263. The Bertz CT molecular complexity index is 955. The molecule has 1 fully saturated rings. The Kier molecular flexibility index (Phi) is 6.89. The summed E-state index contributed by atoms with van der Waals surface area (Å²) in [5.41, 5.74) is 0.511. The van der Waals surface area contributed by atoms with Crippen molar-refractivity contribution in [3.05, 3.63) is 54.3 Å². The van der Waals surface area contributed by atoms with E-state index in [-0.39, 0.29) is 5.82 Å². The van der Waals surface area contributed by atoms with Gasteiger partial charge in [-0.25, -0.2) is 4.39 Å². The van der Waals surface area contributed by atoms with Crippen molar-refractivity contribution in [3.63, 3.8) is 0 Å². The van der Waals surface area contributed by atoms with Crippen LogP contribution in [0.1, 0.15) is 38.1 Å². The van der Waals surface area contributed by atoms with Crippen LogP contribution >= 0.6 is 11.8 Å². The molecule has 30 heavy (non-hydrogen) atoms. The molecule has 7 heteroatoms. The lowest BCUT2D eigenvalue weighted by atomic mass is 9.95. The van der Waals surface area contributed by atoms with Crippen LogP contribution in [0.3, 0.4) is 0 Å². The molecule has 0 atom stereocenters. The molecule has 4 rings (SSSR count). The van der Waals surface area contributed by atoms with E-state index in [4.69, 9.17) is 9.47 Å². The topological polar surface area (TPSA) is 49.2 Å². The van der Waals surface area contributed by atoms with Gasteiger partial charge in [-0.2, -0.15) is 0 Å². The molecule has 1 aliphatic carbocycles. The summed E-state index contributed by atoms with van der Waals surface area (Å²) in [5, 5.41) is 9.62. The number of hydrogen-bond acceptors (Lipinski definition) is 5. The molecule has 0 unspecified atom stereocenters. The van der Waals surface area contributed by atoms with Gasteiger partial charge in [0.25, 0.3) is 0 Å². The van der Waals surface area contributed by atoms with Crippen molar-refractivity contribution in [2.75, 3.05) is 19.5 Å². The maximum absolute atomic E-state index is 14.5. The second-order valence-corrected chi connectivity index (χ2v) is 8.38. The Morgan fingerprint density at radius 3 is 2.47 bits per heavy atom. The van der Waals surface area contributed by atoms with Gasteiger partial charge in [0.05, 0.1) is 19.3 Å². The fourth-order valence-electron chi connectivity index (χ4n) is 3.83. The normalized spacial score (nSPS) is 14.6. The fourth-order valence-corrected chi connectivity index (χ4v) is 4.66. The van der Waals surface area contributed by atoms with E-state index in [1.165, 1.54) is 25.3 Å². The summed E-state index contributed by atoms with van der Waals surface area (Å²) >= 11 is 1.61. The molecule has 0 radical (unpaired) electrons. The minimum atomic E-state index is -0.263. The van der Waals surface area contributed by atoms with Crippen molar-refractivity contribution in [3.8, 4) is 22.9 Å². The maximum Gasteiger partial charge on any atom is 0.191 e. The Balaban J connectivity index is 1.47. The molecule has 1 aliphatic rings. The highest BCUT2D eigenvalue weighted by Crippen LogP contribution is 2.36. The van der Waals surface area contributed by atoms with Crippen molar-refractivity contribution < 1.29 is 13.9 Å². The molecule has 158 valence electrons. The van der Waals surface area contributed by atoms with Gasteiger partial charge in [-0.3, -0.25) is 4.57 Å². The number of methoxy groups -OCH3 is 1. The van der Waals surface area contributed by atoms with Gasteiger partial charge in [0.2, 0.25) is 0 Å². The van der Waals surface area contributed by atoms with Gasteiger partial charge in [-0.1, -0.05) is 43.2 Å². The van der Waals surface area contributed by atoms with E-state index >= 15 is 0 Å². The smallest absolute Gasteiger partial charge is 0.191 e. The van der Waals surface area contributed by atoms with Crippen LogP contribution in [0, 0.1) is 5.82 Å². The third-order valence-corrected chi connectivity index (χ3v) is 6.27. The molecule has 1 aromatic heterocycles. The summed E-state index contributed by atoms with van der Waals surface area (Å²) < 4.78 is 27.6. The van der Waals surface area contributed by atoms with Crippen LogP contribution in [0.25, 0.3) is 11.4 Å². The lowest BCUT2D eigenvalue weighted by Crippen LogP contribution is -2.15. The zero-order chi connectivity index (χ0) is 20.8. The fraction of sp³-hybridized carbons (Fsp3) is 0.391. The molecule has 0 bridgehead atoms. The monoisotopic (exact) mass is 427 g/mol. The van der Waals surface area contributed by atoms with Crippen LogP contribution in [0.4, 0.5) is 4.39 Å². The van der Waals surface area contributed by atoms with Gasteiger partial charge in [0, 0.05) is 11.8 Å². The average molecular weight is 428 g/mol. The van der Waals surface area contributed by atoms with E-state index in [9.17, 15) is 4.39 Å². The van der Waals surface area contributed by atoms with Crippen LogP contribution in [0.2, 0.25) is 0 Å². The maximum atomic E-state index is 14.5. The van der Waals surface area contributed by atoms with Gasteiger partial charge < -0.3 is 9.47 Å². The molecule has 0 aliphatic heterocycles. The quantitative estimate of drug-likeness (QED) is 0.337. The first kappa shape index (κ1) is 20.7. The first-order valence-electron chi connectivity index (χ1n) is 10.4. The molecular formula is C23H26FN3O2S. The number of aromatic nitrogens is 3. The van der Waals surface area contributed by atoms with Gasteiger partial charge in [0.15, 0.2) is 11.0 Å². The first-order chi connectivity index (χ1) is 14.8. The highest BCUT2D eigenvalue weighted by molar-refractivity contribution is 7.99. The van der Waals surface area contributed by atoms with Crippen LogP contribution in [-0.4, -0.2) is 34.2 Å². The summed E-state index contributed by atoms with van der Waals surface area (Å²) in [7, 11) is 1.64. The molecule has 5 nitrogen and oxygen atoms in total. The summed E-state index contributed by atoms with van der Waals surface area (Å²) in [6.07, 6.45) is 5.78. The highest BCUT2D eigenvalue weighted by Gasteiger charge is 2.25. The molecule has 0 spiro atoms. The Hall–Kier alpha value is -2.54. The standard InChI is InChI=1S/C23H26FN3O2S/c1-28-18-11-13-19(14-12-18)29-15-16-30-23-26-25-22(20-9-5-6-10-21(20)24)27(23)17-7-3-2-4-8-17/h5-6,9-14,17H,2-4,7-8,15-16H2,1H3. The van der Waals surface area contributed by atoms with E-state index in [2.05, 4.69) is 14.8 Å². The molecule has 1 saturated carbocycles. The number of hydrogen-bond donors (Lipinski definition) is 0. The third kappa shape index (κ3) is 4.78. The molecule has 0 N–H and O–H groups in total. The summed E-state index contributed by atoms with van der Waals surface area (Å²) in [6.45, 7) is 0.545. The second-order valence-electron chi connectivity index (χ2n) is 7.32. The number of halogens is 1. The summed E-state index contributed by atoms with van der Waals surface area (Å²) in [4.78, 5) is 0. The molecular weight excluding hydrogens is 401 g/mol. The lowest BCUT2D eigenvalue weighted by molar-refractivity contribution is 0.336. The number of ether oxygens (including phenoxy) is 2. The van der Waals surface area contributed by atoms with Crippen molar-refractivity contribution in [1.82, 2.24) is 14.8 Å². The largest absolute Gasteiger partial charge is 0.497 e. The predicted octanol–water partition coefficient (Wildman–Crippen LogP) is 5.77. The number of rotatable bonds is 8. The first-order valence-corrected chi connectivity index (χ1v) is 11.3. The number of benzene rings is 2. The van der Waals surface area contributed by atoms with Gasteiger partial charge in [-0.15, -0.1) is 10.2 Å². The minimum Gasteiger partial charge on any atom is -0.497 e. The molecule has 3 aromatic rings. The Morgan fingerprint density at radius 2 is 1.73 bits per heavy atom. The van der Waals surface area contributed by atoms with Crippen molar-refractivity contribution in [2.24, 2.45) is 0 Å². The van der Waals surface area contributed by atoms with E-state index in [1.807, 2.05) is 30.3 Å². The molecule has 2 aromatic carbocycles. The van der Waals surface area contributed by atoms with Gasteiger partial charge in [-0.05, 0) is 49.2 Å².